The Bertz CT molecular complexity index is 2130. The highest BCUT2D eigenvalue weighted by Crippen LogP contribution is 2.46. The first-order valence-corrected chi connectivity index (χ1v) is 13.9. The SMILES string of the molecule is c1ccc(N2C3=Nc4ccccc4C3CCc3cc(-n4c5ccccc5n5c6ccccc6nc45)ccc32)cc1. The molecule has 0 radical (unpaired) electrons. The van der Waals surface area contributed by atoms with Crippen molar-refractivity contribution in [1.29, 1.82) is 0 Å². The zero-order valence-corrected chi connectivity index (χ0v) is 21.8. The monoisotopic (exact) mass is 515 g/mol. The molecule has 40 heavy (non-hydrogen) atoms. The molecule has 5 nitrogen and oxygen atoms in total. The molecule has 2 aliphatic rings. The van der Waals surface area contributed by atoms with Gasteiger partial charge in [-0.05, 0) is 84.6 Å². The second kappa shape index (κ2) is 8.17. The van der Waals surface area contributed by atoms with Gasteiger partial charge in [-0.25, -0.2) is 9.98 Å². The molecule has 0 fully saturated rings. The van der Waals surface area contributed by atoms with Gasteiger partial charge in [0.2, 0.25) is 5.78 Å². The Morgan fingerprint density at radius 2 is 1.40 bits per heavy atom. The molecule has 0 amide bonds. The van der Waals surface area contributed by atoms with Crippen molar-refractivity contribution < 1.29 is 0 Å². The summed E-state index contributed by atoms with van der Waals surface area (Å²) in [4.78, 5) is 12.7. The third-order valence-corrected chi connectivity index (χ3v) is 8.47. The molecule has 0 N–H and O–H groups in total. The van der Waals surface area contributed by atoms with Gasteiger partial charge in [0.1, 0.15) is 5.84 Å². The van der Waals surface area contributed by atoms with E-state index in [0.29, 0.717) is 0 Å². The molecule has 2 aromatic heterocycles. The third kappa shape index (κ3) is 2.97. The van der Waals surface area contributed by atoms with Crippen LogP contribution in [0.4, 0.5) is 17.1 Å². The van der Waals surface area contributed by atoms with E-state index < -0.39 is 0 Å². The minimum atomic E-state index is 0.268. The number of hydrogen-bond donors (Lipinski definition) is 0. The minimum absolute atomic E-state index is 0.268. The van der Waals surface area contributed by atoms with Crippen molar-refractivity contribution in [3.05, 3.63) is 132 Å². The number of benzene rings is 5. The molecular weight excluding hydrogens is 490 g/mol. The van der Waals surface area contributed by atoms with Crippen LogP contribution in [0.25, 0.3) is 33.5 Å². The number of aliphatic imine (C=N–C) groups is 1. The van der Waals surface area contributed by atoms with Crippen LogP contribution < -0.4 is 4.90 Å². The maximum absolute atomic E-state index is 5.19. The first-order valence-electron chi connectivity index (χ1n) is 13.9. The molecule has 0 saturated heterocycles. The van der Waals surface area contributed by atoms with Crippen LogP contribution >= 0.6 is 0 Å². The van der Waals surface area contributed by atoms with Gasteiger partial charge in [0.25, 0.3) is 0 Å². The van der Waals surface area contributed by atoms with Crippen molar-refractivity contribution in [2.45, 2.75) is 18.8 Å². The zero-order chi connectivity index (χ0) is 26.2. The Morgan fingerprint density at radius 1 is 0.650 bits per heavy atom. The van der Waals surface area contributed by atoms with E-state index in [2.05, 4.69) is 135 Å². The number of anilines is 2. The van der Waals surface area contributed by atoms with Crippen LogP contribution in [-0.2, 0) is 6.42 Å². The van der Waals surface area contributed by atoms with Crippen LogP contribution in [0.3, 0.4) is 0 Å². The highest BCUT2D eigenvalue weighted by atomic mass is 15.2. The van der Waals surface area contributed by atoms with Gasteiger partial charge in [-0.1, -0.05) is 60.7 Å². The predicted molar refractivity (Wildman–Crippen MR) is 163 cm³/mol. The maximum atomic E-state index is 5.19. The lowest BCUT2D eigenvalue weighted by Gasteiger charge is -2.27. The van der Waals surface area contributed by atoms with Gasteiger partial charge in [0.15, 0.2) is 0 Å². The fraction of sp³-hybridized carbons (Fsp3) is 0.0857. The number of aryl methyl sites for hydroxylation is 1. The number of rotatable bonds is 2. The van der Waals surface area contributed by atoms with Crippen LogP contribution in [0.1, 0.15) is 23.5 Å². The Hall–Kier alpha value is -5.16. The molecule has 5 heteroatoms. The van der Waals surface area contributed by atoms with Crippen molar-refractivity contribution in [2.75, 3.05) is 4.90 Å². The summed E-state index contributed by atoms with van der Waals surface area (Å²) < 4.78 is 4.59. The molecular formula is C35H25N5. The van der Waals surface area contributed by atoms with Crippen molar-refractivity contribution in [1.82, 2.24) is 14.0 Å². The average Bonchev–Trinajstić information content (AvgIpc) is 3.62. The van der Waals surface area contributed by atoms with Gasteiger partial charge in [-0.2, -0.15) is 0 Å². The summed E-state index contributed by atoms with van der Waals surface area (Å²) in [6.45, 7) is 0. The second-order valence-electron chi connectivity index (χ2n) is 10.7. The largest absolute Gasteiger partial charge is 0.298 e. The quantitative estimate of drug-likeness (QED) is 0.232. The molecule has 4 heterocycles. The van der Waals surface area contributed by atoms with Crippen molar-refractivity contribution >= 4 is 50.7 Å². The zero-order valence-electron chi connectivity index (χ0n) is 21.8. The molecule has 0 aliphatic carbocycles. The number of imidazole rings is 2. The molecule has 2 aliphatic heterocycles. The third-order valence-electron chi connectivity index (χ3n) is 8.47. The normalized spacial score (nSPS) is 16.1. The van der Waals surface area contributed by atoms with Crippen molar-refractivity contribution in [3.8, 4) is 5.69 Å². The van der Waals surface area contributed by atoms with Gasteiger partial charge in [-0.15, -0.1) is 0 Å². The minimum Gasteiger partial charge on any atom is -0.298 e. The van der Waals surface area contributed by atoms with E-state index in [0.717, 1.165) is 63.6 Å². The summed E-state index contributed by atoms with van der Waals surface area (Å²) in [5.74, 6) is 2.32. The van der Waals surface area contributed by atoms with E-state index in [-0.39, 0.29) is 5.92 Å². The highest BCUT2D eigenvalue weighted by molar-refractivity contribution is 6.12. The molecule has 1 atom stereocenters. The van der Waals surface area contributed by atoms with E-state index in [9.17, 15) is 0 Å². The van der Waals surface area contributed by atoms with Gasteiger partial charge in [0.05, 0.1) is 33.4 Å². The fourth-order valence-corrected chi connectivity index (χ4v) is 6.72. The van der Waals surface area contributed by atoms with Crippen LogP contribution in [0.15, 0.2) is 126 Å². The van der Waals surface area contributed by atoms with E-state index >= 15 is 0 Å². The number of amidine groups is 1. The van der Waals surface area contributed by atoms with Crippen molar-refractivity contribution in [2.24, 2.45) is 4.99 Å². The van der Waals surface area contributed by atoms with Crippen molar-refractivity contribution in [3.63, 3.8) is 0 Å². The first kappa shape index (κ1) is 21.7. The Morgan fingerprint density at radius 3 is 2.30 bits per heavy atom. The lowest BCUT2D eigenvalue weighted by molar-refractivity contribution is 0.784. The number of aromatic nitrogens is 3. The average molecular weight is 516 g/mol. The summed E-state index contributed by atoms with van der Waals surface area (Å²) >= 11 is 0. The highest BCUT2D eigenvalue weighted by Gasteiger charge is 2.35. The Kier molecular flexibility index (Phi) is 4.44. The van der Waals surface area contributed by atoms with Crippen LogP contribution in [0.5, 0.6) is 0 Å². The summed E-state index contributed by atoms with van der Waals surface area (Å²) in [7, 11) is 0. The standard InChI is InChI=1S/C35H25N5/c1-2-10-24(11-3-1)38-30-21-19-25(22-23(30)18-20-27-26-12-4-5-13-28(26)36-34(27)38)39-32-16-8-9-17-33(32)40-31-15-7-6-14-29(31)37-35(39)40/h1-17,19,21-22,27H,18,20H2. The summed E-state index contributed by atoms with van der Waals surface area (Å²) in [5, 5.41) is 0. The van der Waals surface area contributed by atoms with Gasteiger partial charge < -0.3 is 0 Å². The summed E-state index contributed by atoms with van der Waals surface area (Å²) in [6.07, 6.45) is 1.99. The molecule has 1 unspecified atom stereocenters. The van der Waals surface area contributed by atoms with Crippen LogP contribution in [0.2, 0.25) is 0 Å². The van der Waals surface area contributed by atoms with E-state index in [1.807, 2.05) is 0 Å². The number of nitrogens with zero attached hydrogens (tertiary/aromatic N) is 5. The summed E-state index contributed by atoms with van der Waals surface area (Å²) in [5.41, 5.74) is 11.7. The second-order valence-corrected chi connectivity index (χ2v) is 10.7. The van der Waals surface area contributed by atoms with Gasteiger partial charge >= 0.3 is 0 Å². The lowest BCUT2D eigenvalue weighted by atomic mass is 9.93. The smallest absolute Gasteiger partial charge is 0.220 e. The topological polar surface area (TPSA) is 37.8 Å². The van der Waals surface area contributed by atoms with E-state index in [4.69, 9.17) is 9.98 Å². The van der Waals surface area contributed by atoms with Gasteiger partial charge in [0, 0.05) is 17.3 Å². The first-order chi connectivity index (χ1) is 19.8. The molecule has 0 saturated carbocycles. The number of hydrogen-bond acceptors (Lipinski definition) is 3. The molecule has 5 aromatic carbocycles. The predicted octanol–water partition coefficient (Wildman–Crippen LogP) is 8.34. The fourth-order valence-electron chi connectivity index (χ4n) is 6.72. The molecule has 0 spiro atoms. The Labute approximate surface area is 231 Å². The van der Waals surface area contributed by atoms with E-state index in [1.165, 1.54) is 16.8 Å². The maximum Gasteiger partial charge on any atom is 0.220 e. The number of para-hydroxylation sites is 6. The molecule has 9 rings (SSSR count). The van der Waals surface area contributed by atoms with E-state index in [1.54, 1.807) is 0 Å². The Balaban J connectivity index is 1.28. The summed E-state index contributed by atoms with van der Waals surface area (Å²) in [6, 6.07) is 43.1. The van der Waals surface area contributed by atoms with Gasteiger partial charge in [-0.3, -0.25) is 13.9 Å². The van der Waals surface area contributed by atoms with Crippen LogP contribution in [-0.4, -0.2) is 19.8 Å². The molecule has 190 valence electrons. The molecule has 7 aromatic rings. The van der Waals surface area contributed by atoms with Crippen LogP contribution in [0, 0.1) is 0 Å². The number of fused-ring (bicyclic) bond motifs is 9. The molecule has 0 bridgehead atoms. The lowest BCUT2D eigenvalue weighted by Crippen LogP contribution is -2.28.